The van der Waals surface area contributed by atoms with Crippen LogP contribution in [0.4, 0.5) is 4.39 Å². The van der Waals surface area contributed by atoms with Gasteiger partial charge in [-0.3, -0.25) is 4.90 Å². The fourth-order valence-electron chi connectivity index (χ4n) is 2.79. The van der Waals surface area contributed by atoms with E-state index in [1.165, 1.54) is 6.07 Å². The zero-order valence-corrected chi connectivity index (χ0v) is 13.3. The van der Waals surface area contributed by atoms with Gasteiger partial charge in [0.05, 0.1) is 12.2 Å². The molecule has 2 atom stereocenters. The summed E-state index contributed by atoms with van der Waals surface area (Å²) < 4.78 is 19.2. The number of hydrogen-bond donors (Lipinski definition) is 1. The molecule has 1 aliphatic rings. The van der Waals surface area contributed by atoms with Gasteiger partial charge in [-0.15, -0.1) is 0 Å². The average molecular weight is 294 g/mol. The van der Waals surface area contributed by atoms with Crippen molar-refractivity contribution in [2.45, 2.75) is 51.5 Å². The van der Waals surface area contributed by atoms with Crippen LogP contribution < -0.4 is 5.32 Å². The molecule has 4 heteroatoms. The zero-order chi connectivity index (χ0) is 15.2. The van der Waals surface area contributed by atoms with Crippen molar-refractivity contribution in [2.75, 3.05) is 20.1 Å². The molecule has 0 saturated carbocycles. The summed E-state index contributed by atoms with van der Waals surface area (Å²) in [5.74, 6) is -0.169. The van der Waals surface area contributed by atoms with Crippen LogP contribution in [0.2, 0.25) is 0 Å². The predicted molar refractivity (Wildman–Crippen MR) is 83.8 cm³/mol. The number of likely N-dealkylation sites (N-methyl/N-ethyl adjacent to an activating group) is 1. The van der Waals surface area contributed by atoms with Crippen LogP contribution in [-0.2, 0) is 11.3 Å². The normalized spacial score (nSPS) is 22.4. The number of hydrogen-bond acceptors (Lipinski definition) is 3. The average Bonchev–Trinajstić information content (AvgIpc) is 2.83. The lowest BCUT2D eigenvalue weighted by molar-refractivity contribution is 0.0259. The third-order valence-electron chi connectivity index (χ3n) is 3.81. The fourth-order valence-corrected chi connectivity index (χ4v) is 2.79. The smallest absolute Gasteiger partial charge is 0.123 e. The molecule has 118 valence electrons. The molecule has 1 aromatic carbocycles. The Hall–Kier alpha value is -0.970. The molecule has 1 aromatic rings. The first kappa shape index (κ1) is 16.4. The van der Waals surface area contributed by atoms with Crippen LogP contribution in [0.15, 0.2) is 24.3 Å². The molecule has 1 aliphatic heterocycles. The van der Waals surface area contributed by atoms with Crippen LogP contribution >= 0.6 is 0 Å². The summed E-state index contributed by atoms with van der Waals surface area (Å²) in [5.41, 5.74) is 1.01. The van der Waals surface area contributed by atoms with Gasteiger partial charge in [0.1, 0.15) is 5.82 Å². The monoisotopic (exact) mass is 294 g/mol. The van der Waals surface area contributed by atoms with Gasteiger partial charge in [0.15, 0.2) is 0 Å². The van der Waals surface area contributed by atoms with Gasteiger partial charge in [-0.1, -0.05) is 26.0 Å². The van der Waals surface area contributed by atoms with Gasteiger partial charge >= 0.3 is 0 Å². The number of halogens is 1. The summed E-state index contributed by atoms with van der Waals surface area (Å²) in [7, 11) is 2.06. The van der Waals surface area contributed by atoms with Gasteiger partial charge in [0, 0.05) is 25.7 Å². The van der Waals surface area contributed by atoms with Crippen LogP contribution in [0, 0.1) is 5.82 Å². The number of nitrogens with zero attached hydrogens (tertiary/aromatic N) is 1. The molecule has 21 heavy (non-hydrogen) atoms. The van der Waals surface area contributed by atoms with Gasteiger partial charge in [-0.05, 0) is 37.6 Å². The maximum atomic E-state index is 13.2. The Morgan fingerprint density at radius 1 is 1.33 bits per heavy atom. The molecule has 1 saturated heterocycles. The van der Waals surface area contributed by atoms with Crippen molar-refractivity contribution in [1.82, 2.24) is 10.2 Å². The van der Waals surface area contributed by atoms with E-state index in [4.69, 9.17) is 4.74 Å². The maximum Gasteiger partial charge on any atom is 0.123 e. The first-order chi connectivity index (χ1) is 10.0. The Kier molecular flexibility index (Phi) is 6.15. The number of benzene rings is 1. The molecule has 1 N–H and O–H groups in total. The Labute approximate surface area is 127 Å². The maximum absolute atomic E-state index is 13.2. The Morgan fingerprint density at radius 2 is 2.10 bits per heavy atom. The first-order valence-corrected chi connectivity index (χ1v) is 7.84. The summed E-state index contributed by atoms with van der Waals surface area (Å²) in [5, 5.41) is 3.43. The Morgan fingerprint density at radius 3 is 2.81 bits per heavy atom. The molecule has 0 aromatic heterocycles. The topological polar surface area (TPSA) is 24.5 Å². The highest BCUT2D eigenvalue weighted by molar-refractivity contribution is 5.16. The van der Waals surface area contributed by atoms with Crippen LogP contribution in [0.5, 0.6) is 0 Å². The molecule has 0 bridgehead atoms. The van der Waals surface area contributed by atoms with Crippen molar-refractivity contribution in [2.24, 2.45) is 0 Å². The summed E-state index contributed by atoms with van der Waals surface area (Å²) in [6.07, 6.45) is 2.86. The van der Waals surface area contributed by atoms with Crippen LogP contribution in [0.3, 0.4) is 0 Å². The molecular weight excluding hydrogens is 267 g/mol. The number of ether oxygens (including phenoxy) is 1. The van der Waals surface area contributed by atoms with E-state index in [9.17, 15) is 4.39 Å². The van der Waals surface area contributed by atoms with Crippen molar-refractivity contribution in [3.63, 3.8) is 0 Å². The van der Waals surface area contributed by atoms with E-state index in [1.807, 2.05) is 6.07 Å². The lowest BCUT2D eigenvalue weighted by Gasteiger charge is -2.22. The molecule has 0 amide bonds. The molecule has 1 fully saturated rings. The molecule has 2 rings (SSSR count). The summed E-state index contributed by atoms with van der Waals surface area (Å²) in [6, 6.07) is 7.31. The second-order valence-corrected chi connectivity index (χ2v) is 6.35. The fraction of sp³-hybridized carbons (Fsp3) is 0.647. The third kappa shape index (κ3) is 5.73. The van der Waals surface area contributed by atoms with Crippen LogP contribution in [0.25, 0.3) is 0 Å². The largest absolute Gasteiger partial charge is 0.372 e. The van der Waals surface area contributed by atoms with E-state index in [-0.39, 0.29) is 5.82 Å². The highest BCUT2D eigenvalue weighted by Crippen LogP contribution is 2.20. The van der Waals surface area contributed by atoms with E-state index >= 15 is 0 Å². The summed E-state index contributed by atoms with van der Waals surface area (Å²) in [4.78, 5) is 2.21. The molecule has 0 radical (unpaired) electrons. The Balaban J connectivity index is 1.72. The molecule has 1 heterocycles. The zero-order valence-electron chi connectivity index (χ0n) is 13.3. The van der Waals surface area contributed by atoms with E-state index in [1.54, 1.807) is 12.1 Å². The molecule has 0 aliphatic carbocycles. The Bertz CT molecular complexity index is 439. The third-order valence-corrected chi connectivity index (χ3v) is 3.81. The lowest BCUT2D eigenvalue weighted by atomic mass is 10.1. The standard InChI is InChI=1S/C17H27FN2O/c1-13(2)19-10-16-7-8-17(21-16)12-20(3)11-14-5-4-6-15(18)9-14/h4-6,9,13,16-17,19H,7-8,10-12H2,1-3H3. The van der Waals surface area contributed by atoms with Crippen molar-refractivity contribution in [3.05, 3.63) is 35.6 Å². The minimum atomic E-state index is -0.169. The van der Waals surface area contributed by atoms with Crippen molar-refractivity contribution >= 4 is 0 Å². The van der Waals surface area contributed by atoms with E-state index in [2.05, 4.69) is 31.1 Å². The predicted octanol–water partition coefficient (Wildman–Crippen LogP) is 2.80. The van der Waals surface area contributed by atoms with E-state index in [0.717, 1.165) is 38.0 Å². The van der Waals surface area contributed by atoms with Gasteiger partial charge < -0.3 is 10.1 Å². The lowest BCUT2D eigenvalue weighted by Crippen LogP contribution is -2.34. The number of rotatable bonds is 7. The quantitative estimate of drug-likeness (QED) is 0.837. The van der Waals surface area contributed by atoms with Gasteiger partial charge in [0.2, 0.25) is 0 Å². The van der Waals surface area contributed by atoms with E-state index in [0.29, 0.717) is 18.2 Å². The van der Waals surface area contributed by atoms with Crippen LogP contribution in [0.1, 0.15) is 32.3 Å². The molecule has 2 unspecified atom stereocenters. The highest BCUT2D eigenvalue weighted by atomic mass is 19.1. The van der Waals surface area contributed by atoms with E-state index < -0.39 is 0 Å². The summed E-state index contributed by atoms with van der Waals surface area (Å²) in [6.45, 7) is 6.89. The molecular formula is C17H27FN2O. The van der Waals surface area contributed by atoms with Gasteiger partial charge in [0.25, 0.3) is 0 Å². The molecule has 3 nitrogen and oxygen atoms in total. The summed E-state index contributed by atoms with van der Waals surface area (Å²) >= 11 is 0. The second-order valence-electron chi connectivity index (χ2n) is 6.35. The van der Waals surface area contributed by atoms with Crippen LogP contribution in [-0.4, -0.2) is 43.3 Å². The van der Waals surface area contributed by atoms with Gasteiger partial charge in [-0.25, -0.2) is 4.39 Å². The molecule has 0 spiro atoms. The van der Waals surface area contributed by atoms with Crippen molar-refractivity contribution in [3.8, 4) is 0 Å². The van der Waals surface area contributed by atoms with Crippen molar-refractivity contribution < 1.29 is 9.13 Å². The highest BCUT2D eigenvalue weighted by Gasteiger charge is 2.25. The minimum Gasteiger partial charge on any atom is -0.372 e. The number of nitrogens with one attached hydrogen (secondary N) is 1. The minimum absolute atomic E-state index is 0.169. The van der Waals surface area contributed by atoms with Gasteiger partial charge in [-0.2, -0.15) is 0 Å². The van der Waals surface area contributed by atoms with Crippen molar-refractivity contribution in [1.29, 1.82) is 0 Å². The SMILES string of the molecule is CC(C)NCC1CCC(CN(C)Cc2cccc(F)c2)O1. The first-order valence-electron chi connectivity index (χ1n) is 7.84. The second kappa shape index (κ2) is 7.87.